The summed E-state index contributed by atoms with van der Waals surface area (Å²) in [5.41, 5.74) is 2.48. The van der Waals surface area contributed by atoms with Crippen LogP contribution < -0.4 is 14.8 Å². The average molecular weight is 326 g/mol. The molecule has 1 atom stereocenters. The van der Waals surface area contributed by atoms with Crippen molar-refractivity contribution < 1.29 is 14.3 Å². The van der Waals surface area contributed by atoms with Crippen LogP contribution >= 0.6 is 0 Å². The third-order valence-corrected chi connectivity index (χ3v) is 4.12. The molecule has 2 aromatic rings. The van der Waals surface area contributed by atoms with Gasteiger partial charge in [-0.05, 0) is 36.2 Å². The van der Waals surface area contributed by atoms with Gasteiger partial charge in [0, 0.05) is 12.7 Å². The number of amides is 1. The lowest BCUT2D eigenvalue weighted by molar-refractivity contribution is 0.0735. The number of nitrogens with one attached hydrogen (secondary N) is 1. The van der Waals surface area contributed by atoms with Gasteiger partial charge in [-0.25, -0.2) is 0 Å². The topological polar surface area (TPSA) is 50.8 Å². The minimum atomic E-state index is -0.249. The molecule has 0 aromatic heterocycles. The van der Waals surface area contributed by atoms with E-state index in [1.54, 1.807) is 19.1 Å². The largest absolute Gasteiger partial charge is 0.493 e. The van der Waals surface area contributed by atoms with Gasteiger partial charge in [0.2, 0.25) is 0 Å². The zero-order valence-corrected chi connectivity index (χ0v) is 14.2. The van der Waals surface area contributed by atoms with Crippen molar-refractivity contribution in [2.75, 3.05) is 26.1 Å². The number of benzene rings is 2. The lowest BCUT2D eigenvalue weighted by Crippen LogP contribution is -2.40. The van der Waals surface area contributed by atoms with Crippen LogP contribution in [0.1, 0.15) is 35.4 Å². The number of carbonyl (C=O) groups excluding carboxylic acids is 1. The van der Waals surface area contributed by atoms with Crippen molar-refractivity contribution in [2.45, 2.75) is 19.5 Å². The van der Waals surface area contributed by atoms with Gasteiger partial charge in [-0.3, -0.25) is 4.79 Å². The van der Waals surface area contributed by atoms with Crippen molar-refractivity contribution in [3.8, 4) is 11.5 Å². The zero-order chi connectivity index (χ0) is 17.1. The van der Waals surface area contributed by atoms with E-state index in [4.69, 9.17) is 9.47 Å². The molecule has 5 nitrogen and oxygen atoms in total. The molecule has 0 radical (unpaired) electrons. The van der Waals surface area contributed by atoms with Gasteiger partial charge in [0.05, 0.1) is 19.3 Å². The van der Waals surface area contributed by atoms with Crippen LogP contribution in [0.25, 0.3) is 0 Å². The molecule has 1 N–H and O–H groups in total. The highest BCUT2D eigenvalue weighted by molar-refractivity contribution is 6.01. The fourth-order valence-corrected chi connectivity index (χ4v) is 2.84. The molecule has 1 amide bonds. The number of carbonyl (C=O) groups is 1. The summed E-state index contributed by atoms with van der Waals surface area (Å²) in [5.74, 6) is 1.38. The summed E-state index contributed by atoms with van der Waals surface area (Å²) in [6.07, 6.45) is 0.685. The minimum Gasteiger partial charge on any atom is -0.493 e. The number of rotatable bonds is 5. The summed E-state index contributed by atoms with van der Waals surface area (Å²) in [6.45, 7) is 2.70. The highest BCUT2D eigenvalue weighted by Gasteiger charge is 2.30. The molecular weight excluding hydrogens is 304 g/mol. The number of hydrogen-bond donors (Lipinski definition) is 1. The Kier molecular flexibility index (Phi) is 4.60. The quantitative estimate of drug-likeness (QED) is 0.910. The lowest BCUT2D eigenvalue weighted by Gasteiger charge is -2.35. The fraction of sp³-hybridized carbons (Fsp3) is 0.316. The monoisotopic (exact) mass is 326 g/mol. The van der Waals surface area contributed by atoms with Crippen LogP contribution in [0.4, 0.5) is 5.69 Å². The molecule has 0 saturated heterocycles. The second-order valence-electron chi connectivity index (χ2n) is 5.77. The Bertz CT molecular complexity index is 745. The second-order valence-corrected chi connectivity index (χ2v) is 5.77. The number of ether oxygens (including phenoxy) is 2. The van der Waals surface area contributed by atoms with Crippen molar-refractivity contribution in [1.82, 2.24) is 4.90 Å². The number of para-hydroxylation sites is 1. The molecule has 1 aliphatic heterocycles. The van der Waals surface area contributed by atoms with E-state index in [0.717, 1.165) is 17.7 Å². The third-order valence-electron chi connectivity index (χ3n) is 4.12. The van der Waals surface area contributed by atoms with E-state index in [-0.39, 0.29) is 12.1 Å². The maximum Gasteiger partial charge on any atom is 0.257 e. The summed E-state index contributed by atoms with van der Waals surface area (Å²) >= 11 is 0. The Hall–Kier alpha value is -2.69. The number of anilines is 1. The molecule has 3 rings (SSSR count). The maximum atomic E-state index is 12.6. The molecule has 0 spiro atoms. The van der Waals surface area contributed by atoms with E-state index >= 15 is 0 Å². The van der Waals surface area contributed by atoms with E-state index in [9.17, 15) is 4.79 Å². The average Bonchev–Trinajstić information content (AvgIpc) is 2.63. The SMILES string of the molecule is CCCOc1ccc(C2Nc3ccccc3C(=O)N2C)cc1OC. The fourth-order valence-electron chi connectivity index (χ4n) is 2.84. The van der Waals surface area contributed by atoms with Gasteiger partial charge in [0.1, 0.15) is 6.17 Å². The summed E-state index contributed by atoms with van der Waals surface area (Å²) in [7, 11) is 3.42. The number of hydrogen-bond acceptors (Lipinski definition) is 4. The summed E-state index contributed by atoms with van der Waals surface area (Å²) in [6, 6.07) is 13.3. The van der Waals surface area contributed by atoms with Crippen molar-refractivity contribution in [2.24, 2.45) is 0 Å². The third kappa shape index (κ3) is 2.89. The van der Waals surface area contributed by atoms with Crippen LogP contribution in [-0.2, 0) is 0 Å². The molecule has 0 saturated carbocycles. The molecule has 1 heterocycles. The first kappa shape index (κ1) is 16.2. The van der Waals surface area contributed by atoms with Gasteiger partial charge in [0.15, 0.2) is 11.5 Å². The molecule has 0 aliphatic carbocycles. The van der Waals surface area contributed by atoms with Gasteiger partial charge in [0.25, 0.3) is 5.91 Å². The Morgan fingerprint density at radius 1 is 1.17 bits per heavy atom. The van der Waals surface area contributed by atoms with Crippen molar-refractivity contribution in [1.29, 1.82) is 0 Å². The smallest absolute Gasteiger partial charge is 0.257 e. The molecule has 1 aliphatic rings. The maximum absolute atomic E-state index is 12.6. The Balaban J connectivity index is 1.93. The van der Waals surface area contributed by atoms with E-state index in [0.29, 0.717) is 23.7 Å². The Labute approximate surface area is 142 Å². The van der Waals surface area contributed by atoms with Crippen LogP contribution in [0.15, 0.2) is 42.5 Å². The molecule has 0 fully saturated rings. The molecule has 2 aromatic carbocycles. The van der Waals surface area contributed by atoms with Gasteiger partial charge in [-0.1, -0.05) is 25.1 Å². The van der Waals surface area contributed by atoms with Gasteiger partial charge in [-0.2, -0.15) is 0 Å². The number of methoxy groups -OCH3 is 1. The normalized spacial score (nSPS) is 16.4. The molecular formula is C19H22N2O3. The predicted octanol–water partition coefficient (Wildman–Crippen LogP) is 3.68. The van der Waals surface area contributed by atoms with E-state index in [1.807, 2.05) is 42.5 Å². The summed E-state index contributed by atoms with van der Waals surface area (Å²) < 4.78 is 11.1. The molecule has 1 unspecified atom stereocenters. The first-order valence-corrected chi connectivity index (χ1v) is 8.09. The van der Waals surface area contributed by atoms with Crippen LogP contribution in [0, 0.1) is 0 Å². The first-order chi connectivity index (χ1) is 11.7. The first-order valence-electron chi connectivity index (χ1n) is 8.09. The zero-order valence-electron chi connectivity index (χ0n) is 14.2. The summed E-state index contributed by atoms with van der Waals surface area (Å²) in [4.78, 5) is 14.3. The van der Waals surface area contributed by atoms with Crippen molar-refractivity contribution in [3.63, 3.8) is 0 Å². The number of fused-ring (bicyclic) bond motifs is 1. The van der Waals surface area contributed by atoms with Gasteiger partial charge in [-0.15, -0.1) is 0 Å². The standard InChI is InChI=1S/C19H22N2O3/c1-4-11-24-16-10-9-13(12-17(16)23-3)18-20-15-8-6-5-7-14(15)19(22)21(18)2/h5-10,12,18,20H,4,11H2,1-3H3. The van der Waals surface area contributed by atoms with E-state index in [2.05, 4.69) is 12.2 Å². The van der Waals surface area contributed by atoms with E-state index < -0.39 is 0 Å². The van der Waals surface area contributed by atoms with E-state index in [1.165, 1.54) is 0 Å². The molecule has 0 bridgehead atoms. The van der Waals surface area contributed by atoms with Gasteiger partial charge < -0.3 is 19.7 Å². The molecule has 126 valence electrons. The predicted molar refractivity (Wildman–Crippen MR) is 93.7 cm³/mol. The van der Waals surface area contributed by atoms with Crippen LogP contribution in [-0.4, -0.2) is 31.6 Å². The Morgan fingerprint density at radius 2 is 1.96 bits per heavy atom. The van der Waals surface area contributed by atoms with Crippen molar-refractivity contribution in [3.05, 3.63) is 53.6 Å². The number of nitrogens with zero attached hydrogens (tertiary/aromatic N) is 1. The molecule has 5 heteroatoms. The molecule has 24 heavy (non-hydrogen) atoms. The van der Waals surface area contributed by atoms with Crippen molar-refractivity contribution >= 4 is 11.6 Å². The second kappa shape index (κ2) is 6.83. The summed E-state index contributed by atoms with van der Waals surface area (Å²) in [5, 5.41) is 3.42. The lowest BCUT2D eigenvalue weighted by atomic mass is 10.0. The van der Waals surface area contributed by atoms with Crippen LogP contribution in [0.3, 0.4) is 0 Å². The van der Waals surface area contributed by atoms with Gasteiger partial charge >= 0.3 is 0 Å². The van der Waals surface area contributed by atoms with Crippen LogP contribution in [0.2, 0.25) is 0 Å². The Morgan fingerprint density at radius 3 is 2.71 bits per heavy atom. The minimum absolute atomic E-state index is 0.000346. The van der Waals surface area contributed by atoms with Crippen LogP contribution in [0.5, 0.6) is 11.5 Å². The highest BCUT2D eigenvalue weighted by Crippen LogP contribution is 2.36. The highest BCUT2D eigenvalue weighted by atomic mass is 16.5.